The quantitative estimate of drug-likeness (QED) is 0.847. The van der Waals surface area contributed by atoms with Gasteiger partial charge in [-0.3, -0.25) is 4.79 Å². The van der Waals surface area contributed by atoms with Crippen molar-refractivity contribution in [1.29, 1.82) is 0 Å². The topological polar surface area (TPSA) is 60.0 Å². The molecule has 1 amide bonds. The Morgan fingerprint density at radius 1 is 1.07 bits per heavy atom. The molecule has 6 nitrogen and oxygen atoms in total. The minimum atomic E-state index is 0.141. The molecule has 3 rings (SSSR count). The molecule has 1 N–H and O–H groups in total. The van der Waals surface area contributed by atoms with Crippen LogP contribution >= 0.6 is 0 Å². The summed E-state index contributed by atoms with van der Waals surface area (Å²) in [6.07, 6.45) is 1.04. The first kappa shape index (κ1) is 18.9. The van der Waals surface area contributed by atoms with Crippen LogP contribution in [0, 0.1) is 0 Å². The van der Waals surface area contributed by atoms with Crippen LogP contribution in [0.25, 0.3) is 0 Å². The number of fused-ring (bicyclic) bond motifs is 1. The Kier molecular flexibility index (Phi) is 6.06. The molecule has 6 heteroatoms. The Hall–Kier alpha value is -2.89. The Bertz CT molecular complexity index is 782. The van der Waals surface area contributed by atoms with Gasteiger partial charge in [0.25, 0.3) is 0 Å². The summed E-state index contributed by atoms with van der Waals surface area (Å²) in [6.45, 7) is 2.09. The van der Waals surface area contributed by atoms with Crippen molar-refractivity contribution in [2.75, 3.05) is 39.7 Å². The van der Waals surface area contributed by atoms with Crippen molar-refractivity contribution >= 4 is 11.6 Å². The van der Waals surface area contributed by atoms with Gasteiger partial charge in [0.1, 0.15) is 0 Å². The molecule has 0 bridgehead atoms. The minimum absolute atomic E-state index is 0.141. The SMILES string of the molecule is COc1cc(CCC(=O)N2CCNc3ccccc3C2)cc(OC)c1OC. The zero-order chi connectivity index (χ0) is 19.2. The van der Waals surface area contributed by atoms with Gasteiger partial charge in [0.15, 0.2) is 11.5 Å². The van der Waals surface area contributed by atoms with Crippen LogP contribution in [0.15, 0.2) is 36.4 Å². The van der Waals surface area contributed by atoms with Crippen LogP contribution in [0.1, 0.15) is 17.5 Å². The van der Waals surface area contributed by atoms with E-state index in [4.69, 9.17) is 14.2 Å². The Morgan fingerprint density at radius 2 is 1.78 bits per heavy atom. The van der Waals surface area contributed by atoms with Gasteiger partial charge in [-0.25, -0.2) is 0 Å². The molecule has 27 heavy (non-hydrogen) atoms. The number of ether oxygens (including phenoxy) is 3. The van der Waals surface area contributed by atoms with Crippen LogP contribution in [0.2, 0.25) is 0 Å². The molecule has 1 aliphatic heterocycles. The predicted molar refractivity (Wildman–Crippen MR) is 105 cm³/mol. The lowest BCUT2D eigenvalue weighted by Crippen LogP contribution is -2.32. The average Bonchev–Trinajstić information content (AvgIpc) is 2.93. The second kappa shape index (κ2) is 8.66. The number of rotatable bonds is 6. The van der Waals surface area contributed by atoms with E-state index < -0.39 is 0 Å². The summed E-state index contributed by atoms with van der Waals surface area (Å²) in [5, 5.41) is 3.39. The number of aryl methyl sites for hydroxylation is 1. The number of methoxy groups -OCH3 is 3. The molecule has 0 aliphatic carbocycles. The molecule has 0 unspecified atom stereocenters. The fourth-order valence-corrected chi connectivity index (χ4v) is 3.34. The lowest BCUT2D eigenvalue weighted by atomic mass is 10.1. The molecule has 0 atom stereocenters. The maximum Gasteiger partial charge on any atom is 0.223 e. The van der Waals surface area contributed by atoms with Crippen molar-refractivity contribution < 1.29 is 19.0 Å². The number of hydrogen-bond acceptors (Lipinski definition) is 5. The highest BCUT2D eigenvalue weighted by molar-refractivity contribution is 5.77. The molecular formula is C21H26N2O4. The summed E-state index contributed by atoms with van der Waals surface area (Å²) < 4.78 is 16.1. The molecule has 2 aromatic carbocycles. The molecule has 2 aromatic rings. The van der Waals surface area contributed by atoms with Gasteiger partial charge in [0, 0.05) is 31.7 Å². The van der Waals surface area contributed by atoms with Crippen molar-refractivity contribution in [3.8, 4) is 17.2 Å². The Morgan fingerprint density at radius 3 is 2.44 bits per heavy atom. The van der Waals surface area contributed by atoms with Gasteiger partial charge >= 0.3 is 0 Å². The summed E-state index contributed by atoms with van der Waals surface area (Å²) >= 11 is 0. The molecule has 0 saturated heterocycles. The highest BCUT2D eigenvalue weighted by Crippen LogP contribution is 2.38. The van der Waals surface area contributed by atoms with Crippen molar-refractivity contribution in [3.63, 3.8) is 0 Å². The van der Waals surface area contributed by atoms with E-state index in [-0.39, 0.29) is 5.91 Å². The van der Waals surface area contributed by atoms with Crippen molar-refractivity contribution in [2.24, 2.45) is 0 Å². The van der Waals surface area contributed by atoms with Crippen LogP contribution in [-0.2, 0) is 17.8 Å². The normalized spacial score (nSPS) is 13.2. The number of nitrogens with zero attached hydrogens (tertiary/aromatic N) is 1. The smallest absolute Gasteiger partial charge is 0.223 e. The molecule has 0 radical (unpaired) electrons. The third-order valence-corrected chi connectivity index (χ3v) is 4.78. The Balaban J connectivity index is 1.69. The monoisotopic (exact) mass is 370 g/mol. The number of para-hydroxylation sites is 1. The standard InChI is InChI=1S/C21H26N2O4/c1-25-18-12-15(13-19(26-2)21(18)27-3)8-9-20(24)23-11-10-22-17-7-5-4-6-16(17)14-23/h4-7,12-13,22H,8-11,14H2,1-3H3. The largest absolute Gasteiger partial charge is 0.493 e. The van der Waals surface area contributed by atoms with Gasteiger partial charge in [0.2, 0.25) is 11.7 Å². The molecular weight excluding hydrogens is 344 g/mol. The summed E-state index contributed by atoms with van der Waals surface area (Å²) in [7, 11) is 4.76. The minimum Gasteiger partial charge on any atom is -0.493 e. The third-order valence-electron chi connectivity index (χ3n) is 4.78. The molecule has 0 saturated carbocycles. The summed E-state index contributed by atoms with van der Waals surface area (Å²) in [5.74, 6) is 1.91. The highest BCUT2D eigenvalue weighted by atomic mass is 16.5. The maximum atomic E-state index is 12.8. The lowest BCUT2D eigenvalue weighted by molar-refractivity contribution is -0.131. The molecule has 1 aliphatic rings. The molecule has 1 heterocycles. The fourth-order valence-electron chi connectivity index (χ4n) is 3.34. The zero-order valence-electron chi connectivity index (χ0n) is 16.1. The first-order chi connectivity index (χ1) is 13.2. The second-order valence-corrected chi connectivity index (χ2v) is 6.43. The van der Waals surface area contributed by atoms with Crippen LogP contribution in [0.3, 0.4) is 0 Å². The predicted octanol–water partition coefficient (Wildman–Crippen LogP) is 3.10. The summed E-state index contributed by atoms with van der Waals surface area (Å²) in [5.41, 5.74) is 3.24. The number of benzene rings is 2. The number of anilines is 1. The van der Waals surface area contributed by atoms with E-state index in [9.17, 15) is 4.79 Å². The van der Waals surface area contributed by atoms with Crippen LogP contribution < -0.4 is 19.5 Å². The number of hydrogen-bond donors (Lipinski definition) is 1. The number of nitrogens with one attached hydrogen (secondary N) is 1. The van der Waals surface area contributed by atoms with Crippen LogP contribution in [0.4, 0.5) is 5.69 Å². The zero-order valence-corrected chi connectivity index (χ0v) is 16.1. The molecule has 0 fully saturated rings. The van der Waals surface area contributed by atoms with Crippen LogP contribution in [0.5, 0.6) is 17.2 Å². The molecule has 144 valence electrons. The van der Waals surface area contributed by atoms with E-state index in [2.05, 4.69) is 17.4 Å². The van der Waals surface area contributed by atoms with E-state index in [1.165, 1.54) is 0 Å². The first-order valence-corrected chi connectivity index (χ1v) is 9.04. The van der Waals surface area contributed by atoms with Gasteiger partial charge in [-0.1, -0.05) is 18.2 Å². The van der Waals surface area contributed by atoms with E-state index in [1.54, 1.807) is 21.3 Å². The first-order valence-electron chi connectivity index (χ1n) is 9.04. The van der Waals surface area contributed by atoms with Crippen molar-refractivity contribution in [3.05, 3.63) is 47.5 Å². The van der Waals surface area contributed by atoms with Gasteiger partial charge in [-0.2, -0.15) is 0 Å². The molecule has 0 aromatic heterocycles. The van der Waals surface area contributed by atoms with Gasteiger partial charge in [-0.15, -0.1) is 0 Å². The van der Waals surface area contributed by atoms with Crippen molar-refractivity contribution in [2.45, 2.75) is 19.4 Å². The van der Waals surface area contributed by atoms with Gasteiger partial charge in [-0.05, 0) is 35.7 Å². The van der Waals surface area contributed by atoms with Crippen LogP contribution in [-0.4, -0.2) is 45.2 Å². The maximum absolute atomic E-state index is 12.8. The Labute approximate surface area is 160 Å². The third kappa shape index (κ3) is 4.27. The van der Waals surface area contributed by atoms with E-state index >= 15 is 0 Å². The number of carbonyl (C=O) groups excluding carboxylic acids is 1. The number of carbonyl (C=O) groups is 1. The highest BCUT2D eigenvalue weighted by Gasteiger charge is 2.19. The second-order valence-electron chi connectivity index (χ2n) is 6.43. The van der Waals surface area contributed by atoms with E-state index in [1.807, 2.05) is 29.2 Å². The molecule has 0 spiro atoms. The fraction of sp³-hybridized carbons (Fsp3) is 0.381. The van der Waals surface area contributed by atoms with E-state index in [0.29, 0.717) is 43.2 Å². The number of amides is 1. The lowest BCUT2D eigenvalue weighted by Gasteiger charge is -2.21. The summed E-state index contributed by atoms with van der Waals surface area (Å²) in [4.78, 5) is 14.7. The van der Waals surface area contributed by atoms with Gasteiger partial charge < -0.3 is 24.4 Å². The van der Waals surface area contributed by atoms with E-state index in [0.717, 1.165) is 23.4 Å². The summed E-state index contributed by atoms with van der Waals surface area (Å²) in [6, 6.07) is 11.9. The average molecular weight is 370 g/mol. The van der Waals surface area contributed by atoms with Crippen molar-refractivity contribution in [1.82, 2.24) is 4.90 Å². The van der Waals surface area contributed by atoms with Gasteiger partial charge in [0.05, 0.1) is 21.3 Å².